The standard InChI is InChI=1S/C4H2N10O4/c5-3-6-1(8-10-3)2-7-4(11-9-2)12(13(15)16)14(17)18/h5H,(H,7,9,11). The van der Waals surface area contributed by atoms with Crippen LogP contribution >= 0.6 is 0 Å². The Bertz CT molecular complexity index is 585. The minimum atomic E-state index is -1.29. The van der Waals surface area contributed by atoms with Crippen LogP contribution in [0.25, 0.3) is 0 Å². The van der Waals surface area contributed by atoms with E-state index >= 15 is 0 Å². The van der Waals surface area contributed by atoms with Gasteiger partial charge in [-0.1, -0.05) is 0 Å². The summed E-state index contributed by atoms with van der Waals surface area (Å²) in [5.74, 6) is -1.54. The monoisotopic (exact) mass is 254 g/mol. The van der Waals surface area contributed by atoms with Crippen molar-refractivity contribution in [3.63, 3.8) is 0 Å². The van der Waals surface area contributed by atoms with Crippen molar-refractivity contribution in [1.29, 1.82) is 5.41 Å². The Morgan fingerprint density at radius 2 is 1.89 bits per heavy atom. The Morgan fingerprint density at radius 3 is 2.39 bits per heavy atom. The molecule has 0 fully saturated rings. The highest BCUT2D eigenvalue weighted by molar-refractivity contribution is 6.06. The van der Waals surface area contributed by atoms with Crippen LogP contribution in [0.2, 0.25) is 0 Å². The lowest BCUT2D eigenvalue weighted by atomic mass is 10.6. The van der Waals surface area contributed by atoms with E-state index in [0.717, 1.165) is 0 Å². The third-order valence-electron chi connectivity index (χ3n) is 1.62. The van der Waals surface area contributed by atoms with Crippen molar-refractivity contribution in [2.75, 3.05) is 5.12 Å². The molecule has 0 spiro atoms. The summed E-state index contributed by atoms with van der Waals surface area (Å²) in [6.45, 7) is 0. The van der Waals surface area contributed by atoms with Gasteiger partial charge in [0.1, 0.15) is 0 Å². The van der Waals surface area contributed by atoms with Crippen molar-refractivity contribution in [2.24, 2.45) is 15.2 Å². The average Bonchev–Trinajstić information content (AvgIpc) is 2.85. The fourth-order valence-electron chi connectivity index (χ4n) is 0.991. The van der Waals surface area contributed by atoms with Crippen molar-refractivity contribution in [2.45, 2.75) is 0 Å². The van der Waals surface area contributed by atoms with Gasteiger partial charge in [0.25, 0.3) is 5.96 Å². The predicted octanol–water partition coefficient (Wildman–Crippen LogP) is -0.858. The first kappa shape index (κ1) is 11.2. The van der Waals surface area contributed by atoms with Gasteiger partial charge in [0.05, 0.1) is 0 Å². The van der Waals surface area contributed by atoms with Crippen LogP contribution < -0.4 is 5.12 Å². The molecule has 14 heteroatoms. The fourth-order valence-corrected chi connectivity index (χ4v) is 0.991. The summed E-state index contributed by atoms with van der Waals surface area (Å²) in [6.07, 6.45) is 0. The summed E-state index contributed by atoms with van der Waals surface area (Å²) in [4.78, 5) is 27.8. The summed E-state index contributed by atoms with van der Waals surface area (Å²) < 4.78 is 0. The highest BCUT2D eigenvalue weighted by Crippen LogP contribution is 2.10. The third kappa shape index (κ3) is 1.84. The summed E-state index contributed by atoms with van der Waals surface area (Å²) in [6, 6.07) is 0. The van der Waals surface area contributed by atoms with Crippen molar-refractivity contribution in [3.8, 4) is 0 Å². The minimum absolute atomic E-state index is 0.172. The van der Waals surface area contributed by atoms with Gasteiger partial charge in [-0.15, -0.1) is 15.3 Å². The number of nitrogens with one attached hydrogen (secondary N) is 2. The number of amidine groups is 1. The topological polar surface area (TPSA) is 192 Å². The number of rotatable bonds is 4. The van der Waals surface area contributed by atoms with E-state index in [2.05, 4.69) is 25.3 Å². The minimum Gasteiger partial charge on any atom is -0.264 e. The maximum Gasteiger partial charge on any atom is 0.362 e. The highest BCUT2D eigenvalue weighted by atomic mass is 16.8. The lowest BCUT2D eigenvalue weighted by molar-refractivity contribution is -0.713. The van der Waals surface area contributed by atoms with Crippen molar-refractivity contribution >= 4 is 17.7 Å². The molecular weight excluding hydrogens is 252 g/mol. The largest absolute Gasteiger partial charge is 0.362 e. The number of azo groups is 1. The highest BCUT2D eigenvalue weighted by Gasteiger charge is 2.35. The SMILES string of the molecule is N=C1N=NC(c2n[nH]c(N([N+](=O)[O-])[N+](=O)[O-])n2)=N1. The molecule has 0 atom stereocenters. The van der Waals surface area contributed by atoms with Gasteiger partial charge < -0.3 is 0 Å². The summed E-state index contributed by atoms with van der Waals surface area (Å²) in [5.41, 5.74) is 0. The van der Waals surface area contributed by atoms with E-state index in [1.165, 1.54) is 0 Å². The Kier molecular flexibility index (Phi) is 2.43. The van der Waals surface area contributed by atoms with E-state index in [-0.39, 0.29) is 11.7 Å². The number of H-pyrrole nitrogens is 1. The summed E-state index contributed by atoms with van der Waals surface area (Å²) in [5, 5.41) is 36.9. The second-order valence-corrected chi connectivity index (χ2v) is 2.71. The molecule has 2 N–H and O–H groups in total. The lowest BCUT2D eigenvalue weighted by Crippen LogP contribution is -2.36. The molecule has 0 aliphatic carbocycles. The third-order valence-corrected chi connectivity index (χ3v) is 1.62. The molecule has 92 valence electrons. The molecule has 0 saturated carbocycles. The molecule has 0 aromatic carbocycles. The zero-order valence-corrected chi connectivity index (χ0v) is 8.21. The molecule has 0 radical (unpaired) electrons. The van der Waals surface area contributed by atoms with E-state index in [4.69, 9.17) is 5.41 Å². The smallest absolute Gasteiger partial charge is 0.264 e. The zero-order chi connectivity index (χ0) is 13.3. The van der Waals surface area contributed by atoms with Gasteiger partial charge in [0.15, 0.2) is 0 Å². The van der Waals surface area contributed by atoms with E-state index < -0.39 is 27.1 Å². The summed E-state index contributed by atoms with van der Waals surface area (Å²) in [7, 11) is 0. The number of hydrogen-bond acceptors (Lipinski definition) is 8. The molecule has 1 aromatic rings. The van der Waals surface area contributed by atoms with E-state index in [0.29, 0.717) is 0 Å². The van der Waals surface area contributed by atoms with Gasteiger partial charge in [0, 0.05) is 0 Å². The average molecular weight is 254 g/mol. The van der Waals surface area contributed by atoms with Crippen LogP contribution in [-0.2, 0) is 0 Å². The van der Waals surface area contributed by atoms with Crippen LogP contribution in [0.5, 0.6) is 0 Å². The van der Waals surface area contributed by atoms with Crippen molar-refractivity contribution < 1.29 is 10.1 Å². The molecule has 0 unspecified atom stereocenters. The van der Waals surface area contributed by atoms with Gasteiger partial charge in [0.2, 0.25) is 26.8 Å². The Balaban J connectivity index is 2.33. The first-order chi connectivity index (χ1) is 8.49. The number of nitrogens with zero attached hydrogens (tertiary/aromatic N) is 8. The molecule has 1 aromatic heterocycles. The van der Waals surface area contributed by atoms with Crippen molar-refractivity contribution in [1.82, 2.24) is 15.2 Å². The molecule has 18 heavy (non-hydrogen) atoms. The van der Waals surface area contributed by atoms with E-state index in [1.807, 2.05) is 5.10 Å². The van der Waals surface area contributed by atoms with Gasteiger partial charge in [-0.3, -0.25) is 5.41 Å². The van der Waals surface area contributed by atoms with Gasteiger partial charge in [-0.25, -0.2) is 25.3 Å². The van der Waals surface area contributed by atoms with Crippen LogP contribution in [-0.4, -0.2) is 37.0 Å². The maximum absolute atomic E-state index is 10.4. The first-order valence-electron chi connectivity index (χ1n) is 4.09. The number of hydrazine groups is 2. The quantitative estimate of drug-likeness (QED) is 0.515. The molecule has 2 heterocycles. The number of aromatic nitrogens is 3. The molecule has 0 bridgehead atoms. The van der Waals surface area contributed by atoms with Gasteiger partial charge in [-0.2, -0.15) is 9.98 Å². The number of anilines is 1. The number of nitro groups is 2. The molecule has 2 rings (SSSR count). The number of hydrogen-bond donors (Lipinski definition) is 2. The number of aromatic amines is 1. The van der Waals surface area contributed by atoms with Crippen molar-refractivity contribution in [3.05, 3.63) is 26.1 Å². The Morgan fingerprint density at radius 1 is 1.22 bits per heavy atom. The van der Waals surface area contributed by atoms with Gasteiger partial charge in [-0.05, 0) is 0 Å². The normalized spacial score (nSPS) is 13.6. The van der Waals surface area contributed by atoms with Crippen LogP contribution in [0.15, 0.2) is 15.2 Å². The van der Waals surface area contributed by atoms with Crippen LogP contribution in [0.1, 0.15) is 5.82 Å². The second-order valence-electron chi connectivity index (χ2n) is 2.71. The molecule has 0 saturated heterocycles. The van der Waals surface area contributed by atoms with Gasteiger partial charge >= 0.3 is 5.95 Å². The van der Waals surface area contributed by atoms with E-state index in [9.17, 15) is 20.2 Å². The lowest BCUT2D eigenvalue weighted by Gasteiger charge is -1.96. The Hall–Kier alpha value is -3.32. The molecule has 1 aliphatic rings. The molecule has 1 aliphatic heterocycles. The van der Waals surface area contributed by atoms with E-state index in [1.54, 1.807) is 0 Å². The fraction of sp³-hybridized carbons (Fsp3) is 0. The number of guanidine groups is 1. The zero-order valence-electron chi connectivity index (χ0n) is 8.21. The second kappa shape index (κ2) is 3.92. The Labute approximate surface area is 95.8 Å². The van der Waals surface area contributed by atoms with Crippen LogP contribution in [0.4, 0.5) is 5.95 Å². The molecule has 14 nitrogen and oxygen atoms in total. The molecular formula is C4H2N10O4. The maximum atomic E-state index is 10.4. The van der Waals surface area contributed by atoms with Crippen LogP contribution in [0, 0.1) is 25.6 Å². The molecule has 0 amide bonds. The summed E-state index contributed by atoms with van der Waals surface area (Å²) >= 11 is 0. The predicted molar refractivity (Wildman–Crippen MR) is 52.0 cm³/mol. The first-order valence-corrected chi connectivity index (χ1v) is 4.09. The number of aliphatic imine (C=N–C) groups is 1. The van der Waals surface area contributed by atoms with Crippen LogP contribution in [0.3, 0.4) is 0 Å².